The zero-order chi connectivity index (χ0) is 15.2. The molecule has 1 aromatic carbocycles. The number of amidine groups is 1. The van der Waals surface area contributed by atoms with Crippen LogP contribution < -0.4 is 5.73 Å². The van der Waals surface area contributed by atoms with Gasteiger partial charge in [-0.15, -0.1) is 0 Å². The number of nitrogens with two attached hydrogens (primary N) is 1. The number of likely N-dealkylation sites (N-methyl/N-ethyl adjacent to an activating group) is 1. The van der Waals surface area contributed by atoms with Crippen molar-refractivity contribution in [3.63, 3.8) is 0 Å². The molecule has 0 atom stereocenters. The molecule has 0 radical (unpaired) electrons. The summed E-state index contributed by atoms with van der Waals surface area (Å²) in [5.74, 6) is -0.448. The van der Waals surface area contributed by atoms with Gasteiger partial charge in [-0.2, -0.15) is 0 Å². The standard InChI is InChI=1S/C16H19FN4/c1-21(9-7-14-4-2-3-8-20-14)11-13-6-5-12(16(18)19)10-15(13)17/h2-6,8,10H,7,9,11H2,1H3,(H3,18,19). The van der Waals surface area contributed by atoms with Crippen LogP contribution in [0.25, 0.3) is 0 Å². The van der Waals surface area contributed by atoms with Gasteiger partial charge >= 0.3 is 0 Å². The van der Waals surface area contributed by atoms with E-state index in [9.17, 15) is 4.39 Å². The molecule has 1 aromatic heterocycles. The molecule has 0 saturated heterocycles. The first kappa shape index (κ1) is 15.1. The summed E-state index contributed by atoms with van der Waals surface area (Å²) in [5.41, 5.74) is 7.38. The van der Waals surface area contributed by atoms with E-state index in [4.69, 9.17) is 11.1 Å². The Morgan fingerprint density at radius 2 is 2.14 bits per heavy atom. The van der Waals surface area contributed by atoms with Crippen LogP contribution in [0.15, 0.2) is 42.6 Å². The van der Waals surface area contributed by atoms with Gasteiger partial charge in [0, 0.05) is 42.5 Å². The van der Waals surface area contributed by atoms with Crippen molar-refractivity contribution in [2.45, 2.75) is 13.0 Å². The summed E-state index contributed by atoms with van der Waals surface area (Å²) in [6.45, 7) is 1.31. The largest absolute Gasteiger partial charge is 0.384 e. The Labute approximate surface area is 123 Å². The highest BCUT2D eigenvalue weighted by Gasteiger charge is 2.08. The molecule has 0 amide bonds. The number of nitrogens with one attached hydrogen (secondary N) is 1. The lowest BCUT2D eigenvalue weighted by Gasteiger charge is -2.17. The van der Waals surface area contributed by atoms with Crippen LogP contribution in [-0.2, 0) is 13.0 Å². The van der Waals surface area contributed by atoms with Crippen molar-refractivity contribution in [1.29, 1.82) is 5.41 Å². The molecule has 0 bridgehead atoms. The molecular formula is C16H19FN4. The number of benzene rings is 1. The van der Waals surface area contributed by atoms with Gasteiger partial charge in [0.25, 0.3) is 0 Å². The molecule has 0 spiro atoms. The fraction of sp³-hybridized carbons (Fsp3) is 0.250. The van der Waals surface area contributed by atoms with E-state index in [-0.39, 0.29) is 11.7 Å². The second-order valence-electron chi connectivity index (χ2n) is 5.03. The van der Waals surface area contributed by atoms with E-state index < -0.39 is 0 Å². The maximum absolute atomic E-state index is 13.9. The van der Waals surface area contributed by atoms with Crippen LogP contribution in [0.4, 0.5) is 4.39 Å². The third-order valence-electron chi connectivity index (χ3n) is 3.28. The first-order chi connectivity index (χ1) is 10.1. The van der Waals surface area contributed by atoms with Crippen LogP contribution in [0.5, 0.6) is 0 Å². The number of halogens is 1. The lowest BCUT2D eigenvalue weighted by atomic mass is 10.1. The van der Waals surface area contributed by atoms with Gasteiger partial charge in [-0.1, -0.05) is 18.2 Å². The molecule has 0 saturated carbocycles. The van der Waals surface area contributed by atoms with Crippen molar-refractivity contribution in [3.05, 3.63) is 65.2 Å². The normalized spacial score (nSPS) is 10.8. The average molecular weight is 286 g/mol. The zero-order valence-electron chi connectivity index (χ0n) is 12.0. The maximum atomic E-state index is 13.9. The van der Waals surface area contributed by atoms with E-state index >= 15 is 0 Å². The zero-order valence-corrected chi connectivity index (χ0v) is 12.0. The van der Waals surface area contributed by atoms with Gasteiger partial charge in [0.2, 0.25) is 0 Å². The topological polar surface area (TPSA) is 66.0 Å². The smallest absolute Gasteiger partial charge is 0.128 e. The van der Waals surface area contributed by atoms with Crippen LogP contribution in [0.3, 0.4) is 0 Å². The quantitative estimate of drug-likeness (QED) is 0.632. The predicted molar refractivity (Wildman–Crippen MR) is 81.7 cm³/mol. The number of hydrogen-bond acceptors (Lipinski definition) is 3. The molecule has 1 heterocycles. The highest BCUT2D eigenvalue weighted by molar-refractivity contribution is 5.94. The Morgan fingerprint density at radius 3 is 2.76 bits per heavy atom. The average Bonchev–Trinajstić information content (AvgIpc) is 2.48. The summed E-state index contributed by atoms with van der Waals surface area (Å²) in [6, 6.07) is 10.5. The molecule has 2 aromatic rings. The van der Waals surface area contributed by atoms with Gasteiger partial charge in [0.05, 0.1) is 0 Å². The van der Waals surface area contributed by atoms with Gasteiger partial charge in [0.1, 0.15) is 11.7 Å². The Kier molecular flexibility index (Phi) is 5.00. The van der Waals surface area contributed by atoms with Crippen molar-refractivity contribution in [3.8, 4) is 0 Å². The maximum Gasteiger partial charge on any atom is 0.128 e. The molecule has 0 fully saturated rings. The Balaban J connectivity index is 1.93. The second-order valence-corrected chi connectivity index (χ2v) is 5.03. The molecule has 0 aliphatic heterocycles. The minimum Gasteiger partial charge on any atom is -0.384 e. The molecule has 3 N–H and O–H groups in total. The van der Waals surface area contributed by atoms with Gasteiger partial charge < -0.3 is 10.6 Å². The third kappa shape index (κ3) is 4.36. The lowest BCUT2D eigenvalue weighted by Crippen LogP contribution is -2.22. The first-order valence-corrected chi connectivity index (χ1v) is 6.77. The van der Waals surface area contributed by atoms with E-state index in [0.29, 0.717) is 17.7 Å². The highest BCUT2D eigenvalue weighted by Crippen LogP contribution is 2.12. The molecule has 2 rings (SSSR count). The molecule has 0 unspecified atom stereocenters. The van der Waals surface area contributed by atoms with Crippen molar-refractivity contribution in [1.82, 2.24) is 9.88 Å². The fourth-order valence-corrected chi connectivity index (χ4v) is 2.06. The highest BCUT2D eigenvalue weighted by atomic mass is 19.1. The summed E-state index contributed by atoms with van der Waals surface area (Å²) >= 11 is 0. The fourth-order valence-electron chi connectivity index (χ4n) is 2.06. The number of nitrogen functional groups attached to an aromatic ring is 1. The van der Waals surface area contributed by atoms with Crippen molar-refractivity contribution in [2.24, 2.45) is 5.73 Å². The summed E-state index contributed by atoms with van der Waals surface area (Å²) in [4.78, 5) is 6.31. The molecule has 0 aliphatic rings. The number of hydrogen-bond donors (Lipinski definition) is 2. The van der Waals surface area contributed by atoms with Crippen LogP contribution in [0, 0.1) is 11.2 Å². The molecule has 0 aliphatic carbocycles. The van der Waals surface area contributed by atoms with E-state index in [2.05, 4.69) is 4.98 Å². The number of aromatic nitrogens is 1. The van der Waals surface area contributed by atoms with Crippen LogP contribution in [0.2, 0.25) is 0 Å². The number of nitrogens with zero attached hydrogens (tertiary/aromatic N) is 2. The van der Waals surface area contributed by atoms with Crippen molar-refractivity contribution in [2.75, 3.05) is 13.6 Å². The molecular weight excluding hydrogens is 267 g/mol. The van der Waals surface area contributed by atoms with Gasteiger partial charge in [-0.25, -0.2) is 4.39 Å². The van der Waals surface area contributed by atoms with Gasteiger partial charge in [0.15, 0.2) is 0 Å². The third-order valence-corrected chi connectivity index (χ3v) is 3.28. The predicted octanol–water partition coefficient (Wildman–Crippen LogP) is 2.18. The second kappa shape index (κ2) is 6.95. The Morgan fingerprint density at radius 1 is 1.33 bits per heavy atom. The molecule has 4 nitrogen and oxygen atoms in total. The van der Waals surface area contributed by atoms with Gasteiger partial charge in [-0.05, 0) is 25.2 Å². The van der Waals surface area contributed by atoms with Gasteiger partial charge in [-0.3, -0.25) is 10.4 Å². The monoisotopic (exact) mass is 286 g/mol. The van der Waals surface area contributed by atoms with Crippen molar-refractivity contribution >= 4 is 5.84 Å². The molecule has 21 heavy (non-hydrogen) atoms. The minimum absolute atomic E-state index is 0.121. The summed E-state index contributed by atoms with van der Waals surface area (Å²) in [7, 11) is 1.95. The van der Waals surface area contributed by atoms with E-state index in [0.717, 1.165) is 18.7 Å². The minimum atomic E-state index is -0.326. The van der Waals surface area contributed by atoms with Crippen LogP contribution >= 0.6 is 0 Å². The molecule has 5 heteroatoms. The Bertz CT molecular complexity index is 613. The van der Waals surface area contributed by atoms with E-state index in [1.807, 2.05) is 30.1 Å². The summed E-state index contributed by atoms with van der Waals surface area (Å²) in [5, 5.41) is 7.30. The van der Waals surface area contributed by atoms with E-state index in [1.54, 1.807) is 18.3 Å². The molecule has 110 valence electrons. The lowest BCUT2D eigenvalue weighted by molar-refractivity contribution is 0.324. The summed E-state index contributed by atoms with van der Waals surface area (Å²) < 4.78 is 13.9. The first-order valence-electron chi connectivity index (χ1n) is 6.77. The van der Waals surface area contributed by atoms with Crippen LogP contribution in [-0.4, -0.2) is 29.3 Å². The SMILES string of the molecule is CN(CCc1ccccn1)Cc1ccc(C(=N)N)cc1F. The number of pyridine rings is 1. The van der Waals surface area contributed by atoms with Crippen LogP contribution in [0.1, 0.15) is 16.8 Å². The summed E-state index contributed by atoms with van der Waals surface area (Å²) in [6.07, 6.45) is 2.60. The Hall–Kier alpha value is -2.27. The van der Waals surface area contributed by atoms with E-state index in [1.165, 1.54) is 6.07 Å². The van der Waals surface area contributed by atoms with Crippen molar-refractivity contribution < 1.29 is 4.39 Å². The number of rotatable bonds is 6.